The van der Waals surface area contributed by atoms with Crippen molar-refractivity contribution in [3.8, 4) is 0 Å². The van der Waals surface area contributed by atoms with Crippen molar-refractivity contribution in [3.63, 3.8) is 0 Å². The average molecular weight is 477 g/mol. The lowest BCUT2D eigenvalue weighted by Gasteiger charge is -2.15. The van der Waals surface area contributed by atoms with Crippen LogP contribution in [0.15, 0.2) is 18.6 Å². The molecular weight excluding hydrogens is 456 g/mol. The number of anilines is 1. The molecule has 1 aliphatic carbocycles. The highest BCUT2D eigenvalue weighted by molar-refractivity contribution is 7.84. The minimum Gasteiger partial charge on any atom is -0.393 e. The van der Waals surface area contributed by atoms with Gasteiger partial charge in [0.1, 0.15) is 12.1 Å². The second kappa shape index (κ2) is 9.64. The predicted molar refractivity (Wildman–Crippen MR) is 111 cm³/mol. The van der Waals surface area contributed by atoms with Crippen molar-refractivity contribution >= 4 is 44.8 Å². The lowest BCUT2D eigenvalue weighted by atomic mass is 10.1. The molecule has 3 rings (SSSR count). The summed E-state index contributed by atoms with van der Waals surface area (Å²) in [6.45, 7) is 0.0741. The molecule has 10 nitrogen and oxygen atoms in total. The zero-order chi connectivity index (χ0) is 21.9. The van der Waals surface area contributed by atoms with Gasteiger partial charge in [0.25, 0.3) is 0 Å². The molecule has 164 valence electrons. The Bertz CT molecular complexity index is 1020. The number of hydrogen-bond acceptors (Lipinski definition) is 10. The van der Waals surface area contributed by atoms with Crippen LogP contribution in [0.25, 0.3) is 0 Å². The highest BCUT2D eigenvalue weighted by atomic mass is 35.5. The van der Waals surface area contributed by atoms with Gasteiger partial charge in [0.2, 0.25) is 5.78 Å². The van der Waals surface area contributed by atoms with Gasteiger partial charge in [0, 0.05) is 30.8 Å². The lowest BCUT2D eigenvalue weighted by Crippen LogP contribution is -2.24. The predicted octanol–water partition coefficient (Wildman–Crippen LogP) is 1.34. The van der Waals surface area contributed by atoms with E-state index in [1.807, 2.05) is 0 Å². The molecule has 1 aliphatic rings. The van der Waals surface area contributed by atoms with Gasteiger partial charge in [-0.25, -0.2) is 15.1 Å². The molecule has 0 spiro atoms. The van der Waals surface area contributed by atoms with E-state index in [4.69, 9.17) is 21.5 Å². The van der Waals surface area contributed by atoms with Gasteiger partial charge in [-0.3, -0.25) is 8.98 Å². The Labute approximate surface area is 182 Å². The molecule has 0 aromatic carbocycles. The normalized spacial score (nSPS) is 21.7. The van der Waals surface area contributed by atoms with Crippen molar-refractivity contribution in [2.45, 2.75) is 31.6 Å². The number of halogens is 1. The average Bonchev–Trinajstić information content (AvgIpc) is 3.22. The van der Waals surface area contributed by atoms with E-state index in [-0.39, 0.29) is 24.0 Å². The second-order valence-corrected chi connectivity index (χ2v) is 9.75. The summed E-state index contributed by atoms with van der Waals surface area (Å²) in [5.74, 6) is -0.396. The zero-order valence-corrected chi connectivity index (χ0v) is 18.3. The molecule has 4 N–H and O–H groups in total. The third-order valence-corrected chi connectivity index (χ3v) is 6.59. The summed E-state index contributed by atoms with van der Waals surface area (Å²) in [4.78, 5) is 21.5. The molecule has 30 heavy (non-hydrogen) atoms. The number of nitrogens with one attached hydrogen (secondary N) is 1. The number of aromatic nitrogens is 2. The molecule has 0 saturated heterocycles. The molecule has 0 amide bonds. The Morgan fingerprint density at radius 3 is 2.93 bits per heavy atom. The van der Waals surface area contributed by atoms with Crippen molar-refractivity contribution in [1.82, 2.24) is 9.97 Å². The summed E-state index contributed by atoms with van der Waals surface area (Å²) in [6, 6.07) is 1.43. The van der Waals surface area contributed by atoms with Gasteiger partial charge in [-0.15, -0.1) is 11.3 Å². The first kappa shape index (κ1) is 23.0. The number of ether oxygens (including phenoxy) is 1. The number of methoxy groups -OCH3 is 1. The third kappa shape index (κ3) is 5.72. The van der Waals surface area contributed by atoms with Gasteiger partial charge in [-0.2, -0.15) is 8.42 Å². The number of nitrogens with zero attached hydrogens (tertiary/aromatic N) is 2. The monoisotopic (exact) mass is 476 g/mol. The van der Waals surface area contributed by atoms with Crippen LogP contribution in [0.5, 0.6) is 0 Å². The van der Waals surface area contributed by atoms with Crippen LogP contribution in [0, 0.1) is 5.92 Å². The highest BCUT2D eigenvalue weighted by Gasteiger charge is 2.34. The van der Waals surface area contributed by atoms with Crippen LogP contribution >= 0.6 is 22.9 Å². The van der Waals surface area contributed by atoms with Crippen molar-refractivity contribution in [3.05, 3.63) is 38.9 Å². The van der Waals surface area contributed by atoms with Crippen LogP contribution in [-0.4, -0.2) is 55.1 Å². The molecule has 0 radical (unpaired) electrons. The number of ketones is 1. The minimum absolute atomic E-state index is 0.219. The third-order valence-electron chi connectivity index (χ3n) is 4.68. The second-order valence-electron chi connectivity index (χ2n) is 6.87. The van der Waals surface area contributed by atoms with Gasteiger partial charge in [-0.1, -0.05) is 11.6 Å². The molecule has 1 saturated carbocycles. The molecule has 2 heterocycles. The summed E-state index contributed by atoms with van der Waals surface area (Å²) in [5, 5.41) is 18.2. The number of hydrogen-bond donors (Lipinski definition) is 3. The molecule has 2 aromatic heterocycles. The molecule has 13 heteroatoms. The van der Waals surface area contributed by atoms with Crippen LogP contribution in [0.4, 0.5) is 5.82 Å². The van der Waals surface area contributed by atoms with Crippen molar-refractivity contribution in [2.75, 3.05) is 19.0 Å². The SMILES string of the molecule is COCc1cc(C(=O)c2cncnc2N[C@@H]2CC(COS(N)(=O)=O)[C@@H](O)C2)sc1Cl. The minimum atomic E-state index is -4.08. The van der Waals surface area contributed by atoms with E-state index in [1.165, 1.54) is 12.5 Å². The molecule has 0 aliphatic heterocycles. The number of nitrogens with two attached hydrogens (primary N) is 1. The summed E-state index contributed by atoms with van der Waals surface area (Å²) in [5.41, 5.74) is 0.980. The van der Waals surface area contributed by atoms with Crippen LogP contribution < -0.4 is 10.5 Å². The first-order valence-corrected chi connectivity index (χ1v) is 11.6. The van der Waals surface area contributed by atoms with Crippen LogP contribution in [0.2, 0.25) is 4.34 Å². The van der Waals surface area contributed by atoms with E-state index in [0.29, 0.717) is 34.5 Å². The summed E-state index contributed by atoms with van der Waals surface area (Å²) in [7, 11) is -2.54. The fourth-order valence-corrected chi connectivity index (χ4v) is 4.86. The molecule has 1 fully saturated rings. The first-order chi connectivity index (χ1) is 14.2. The van der Waals surface area contributed by atoms with Crippen LogP contribution in [0.3, 0.4) is 0 Å². The molecule has 2 aromatic rings. The molecule has 0 bridgehead atoms. The Balaban J connectivity index is 1.73. The van der Waals surface area contributed by atoms with E-state index >= 15 is 0 Å². The number of aliphatic hydroxyl groups is 1. The fraction of sp³-hybridized carbons (Fsp3) is 0.471. The van der Waals surface area contributed by atoms with E-state index in [1.54, 1.807) is 13.2 Å². The topological polar surface area (TPSA) is 154 Å². The van der Waals surface area contributed by atoms with Gasteiger partial charge >= 0.3 is 10.3 Å². The Morgan fingerprint density at radius 2 is 2.23 bits per heavy atom. The number of carbonyl (C=O) groups excluding carboxylic acids is 1. The lowest BCUT2D eigenvalue weighted by molar-refractivity contribution is 0.101. The first-order valence-electron chi connectivity index (χ1n) is 8.91. The Morgan fingerprint density at radius 1 is 1.47 bits per heavy atom. The molecule has 1 unspecified atom stereocenters. The van der Waals surface area contributed by atoms with E-state index < -0.39 is 22.3 Å². The number of carbonyl (C=O) groups is 1. The largest absolute Gasteiger partial charge is 0.393 e. The maximum absolute atomic E-state index is 13.0. The summed E-state index contributed by atoms with van der Waals surface area (Å²) in [6.07, 6.45) is 2.69. The Kier molecular flexibility index (Phi) is 7.39. The maximum Gasteiger partial charge on any atom is 0.333 e. The number of rotatable bonds is 9. The highest BCUT2D eigenvalue weighted by Crippen LogP contribution is 2.32. The van der Waals surface area contributed by atoms with Gasteiger partial charge in [0.15, 0.2) is 0 Å². The quantitative estimate of drug-likeness (QED) is 0.454. The zero-order valence-electron chi connectivity index (χ0n) is 15.9. The van der Waals surface area contributed by atoms with Gasteiger partial charge in [-0.05, 0) is 18.9 Å². The molecule has 3 atom stereocenters. The summed E-state index contributed by atoms with van der Waals surface area (Å²) < 4.78 is 32.1. The number of thiophene rings is 1. The van der Waals surface area contributed by atoms with Gasteiger partial charge in [0.05, 0.1) is 34.1 Å². The maximum atomic E-state index is 13.0. The smallest absolute Gasteiger partial charge is 0.333 e. The van der Waals surface area contributed by atoms with E-state index in [0.717, 1.165) is 16.9 Å². The van der Waals surface area contributed by atoms with Crippen LogP contribution in [-0.2, 0) is 25.8 Å². The standard InChI is InChI=1S/C17H21ClN4O6S2/c1-27-6-10-3-14(29-16(10)18)15(24)12-5-20-8-21-17(12)22-11-2-9(13(23)4-11)7-28-30(19,25)26/h3,5,8-9,11,13,23H,2,4,6-7H2,1H3,(H2,19,25,26)(H,20,21,22)/t9?,11-,13+/m1/s1. The van der Waals surface area contributed by atoms with E-state index in [2.05, 4.69) is 19.5 Å². The van der Waals surface area contributed by atoms with Crippen molar-refractivity contribution in [2.24, 2.45) is 11.1 Å². The van der Waals surface area contributed by atoms with Gasteiger partial charge < -0.3 is 15.2 Å². The fourth-order valence-electron chi connectivity index (χ4n) is 3.29. The molecular formula is C17H21ClN4O6S2. The summed E-state index contributed by atoms with van der Waals surface area (Å²) >= 11 is 7.32. The number of aliphatic hydroxyl groups excluding tert-OH is 1. The van der Waals surface area contributed by atoms with E-state index in [9.17, 15) is 18.3 Å². The Hall–Kier alpha value is -1.67. The van der Waals surface area contributed by atoms with Crippen LogP contribution in [0.1, 0.15) is 33.6 Å². The van der Waals surface area contributed by atoms with Crippen molar-refractivity contribution in [1.29, 1.82) is 0 Å². The van der Waals surface area contributed by atoms with Crippen molar-refractivity contribution < 1.29 is 27.2 Å².